The first-order valence-corrected chi connectivity index (χ1v) is 6.01. The highest BCUT2D eigenvalue weighted by molar-refractivity contribution is 5.75. The predicted octanol–water partition coefficient (Wildman–Crippen LogP) is 3.51. The summed E-state index contributed by atoms with van der Waals surface area (Å²) in [6.07, 6.45) is 8.17. The van der Waals surface area contributed by atoms with E-state index in [1.165, 1.54) is 32.1 Å². The largest absolute Gasteiger partial charge is 0.359 e. The Morgan fingerprint density at radius 3 is 2.00 bits per heavy atom. The van der Waals surface area contributed by atoms with E-state index in [2.05, 4.69) is 12.2 Å². The Bertz CT molecular complexity index is 113. The second-order valence-electron chi connectivity index (χ2n) is 3.19. The van der Waals surface area contributed by atoms with Gasteiger partial charge < -0.3 is 5.32 Å². The van der Waals surface area contributed by atoms with Crippen molar-refractivity contribution in [1.82, 2.24) is 5.32 Å². The van der Waals surface area contributed by atoms with Crippen molar-refractivity contribution in [2.45, 2.75) is 65.7 Å². The summed E-state index contributed by atoms with van der Waals surface area (Å²) in [6.45, 7) is 6.21. The molecule has 2 nitrogen and oxygen atoms in total. The molecule has 0 spiro atoms. The van der Waals surface area contributed by atoms with Crippen molar-refractivity contribution in [3.8, 4) is 0 Å². The molecule has 0 aliphatic carbocycles. The van der Waals surface area contributed by atoms with Gasteiger partial charge in [-0.25, -0.2) is 0 Å². The number of rotatable bonds is 7. The third kappa shape index (κ3) is 14.0. The van der Waals surface area contributed by atoms with Crippen LogP contribution in [0.4, 0.5) is 0 Å². The van der Waals surface area contributed by atoms with Crippen LogP contribution in [-0.4, -0.2) is 13.0 Å². The minimum atomic E-state index is 0.172. The zero-order valence-electron chi connectivity index (χ0n) is 10.4. The highest BCUT2D eigenvalue weighted by Crippen LogP contribution is 2.06. The molecule has 0 rings (SSSR count). The number of hydrogen-bond donors (Lipinski definition) is 1. The predicted molar refractivity (Wildman–Crippen MR) is 63.4 cm³/mol. The lowest BCUT2D eigenvalue weighted by atomic mass is 10.1. The van der Waals surface area contributed by atoms with Crippen molar-refractivity contribution in [2.24, 2.45) is 0 Å². The number of hydrogen-bond acceptors (Lipinski definition) is 1. The molecular weight excluding hydrogens is 174 g/mol. The van der Waals surface area contributed by atoms with E-state index in [4.69, 9.17) is 0 Å². The Labute approximate surface area is 89.5 Å². The third-order valence-corrected chi connectivity index (χ3v) is 2.04. The first-order valence-electron chi connectivity index (χ1n) is 6.01. The molecule has 0 atom stereocenters. The molecule has 0 saturated heterocycles. The van der Waals surface area contributed by atoms with E-state index >= 15 is 0 Å². The van der Waals surface area contributed by atoms with E-state index in [0.29, 0.717) is 6.42 Å². The molecule has 0 heterocycles. The number of carbonyl (C=O) groups excluding carboxylic acids is 1. The highest BCUT2D eigenvalue weighted by atomic mass is 16.1. The second kappa shape index (κ2) is 15.0. The van der Waals surface area contributed by atoms with Crippen LogP contribution in [-0.2, 0) is 4.79 Å². The molecule has 0 saturated carbocycles. The summed E-state index contributed by atoms with van der Waals surface area (Å²) in [6, 6.07) is 0. The van der Waals surface area contributed by atoms with E-state index in [1.54, 1.807) is 7.05 Å². The average molecular weight is 201 g/mol. The van der Waals surface area contributed by atoms with Gasteiger partial charge in [0.2, 0.25) is 5.91 Å². The first-order chi connectivity index (χ1) is 6.81. The van der Waals surface area contributed by atoms with Crippen molar-refractivity contribution < 1.29 is 4.79 Å². The van der Waals surface area contributed by atoms with Crippen LogP contribution < -0.4 is 5.32 Å². The molecule has 0 aliphatic rings. The highest BCUT2D eigenvalue weighted by Gasteiger charge is 1.96. The summed E-state index contributed by atoms with van der Waals surface area (Å²) < 4.78 is 0. The van der Waals surface area contributed by atoms with Gasteiger partial charge >= 0.3 is 0 Å². The quantitative estimate of drug-likeness (QED) is 0.627. The van der Waals surface area contributed by atoms with Crippen LogP contribution in [0.1, 0.15) is 65.7 Å². The monoisotopic (exact) mass is 201 g/mol. The van der Waals surface area contributed by atoms with Crippen molar-refractivity contribution in [3.05, 3.63) is 0 Å². The van der Waals surface area contributed by atoms with Crippen LogP contribution in [0.25, 0.3) is 0 Å². The third-order valence-electron chi connectivity index (χ3n) is 2.04. The molecule has 0 aromatic carbocycles. The van der Waals surface area contributed by atoms with Gasteiger partial charge in [0.25, 0.3) is 0 Å². The average Bonchev–Trinajstić information content (AvgIpc) is 2.25. The molecule has 0 aliphatic heterocycles. The Morgan fingerprint density at radius 1 is 1.00 bits per heavy atom. The normalized spacial score (nSPS) is 8.86. The molecule has 0 fully saturated rings. The molecule has 0 aromatic rings. The Balaban J connectivity index is 0. The molecule has 0 bridgehead atoms. The standard InChI is InChI=1S/C10H21NO.C2H6/c1-3-4-5-6-7-8-9-10(12)11-2;1-2/h3-9H2,1-2H3,(H,11,12);1-2H3. The van der Waals surface area contributed by atoms with Gasteiger partial charge in [-0.3, -0.25) is 4.79 Å². The van der Waals surface area contributed by atoms with Gasteiger partial charge in [-0.2, -0.15) is 0 Å². The topological polar surface area (TPSA) is 29.1 Å². The first kappa shape index (κ1) is 15.9. The Kier molecular flexibility index (Phi) is 17.0. The van der Waals surface area contributed by atoms with E-state index in [1.807, 2.05) is 13.8 Å². The number of unbranched alkanes of at least 4 members (excludes halogenated alkanes) is 5. The van der Waals surface area contributed by atoms with Crippen LogP contribution in [0.2, 0.25) is 0 Å². The molecule has 86 valence electrons. The second-order valence-corrected chi connectivity index (χ2v) is 3.19. The molecule has 1 N–H and O–H groups in total. The summed E-state index contributed by atoms with van der Waals surface area (Å²) in [5.74, 6) is 0.172. The smallest absolute Gasteiger partial charge is 0.219 e. The van der Waals surface area contributed by atoms with Gasteiger partial charge in [-0.15, -0.1) is 0 Å². The Morgan fingerprint density at radius 2 is 1.50 bits per heavy atom. The lowest BCUT2D eigenvalue weighted by molar-refractivity contribution is -0.120. The van der Waals surface area contributed by atoms with Crippen molar-refractivity contribution in [1.29, 1.82) is 0 Å². The molecule has 14 heavy (non-hydrogen) atoms. The minimum Gasteiger partial charge on any atom is -0.359 e. The minimum absolute atomic E-state index is 0.172. The maximum absolute atomic E-state index is 10.8. The van der Waals surface area contributed by atoms with Gasteiger partial charge in [-0.1, -0.05) is 52.9 Å². The van der Waals surface area contributed by atoms with Crippen LogP contribution in [0.15, 0.2) is 0 Å². The van der Waals surface area contributed by atoms with Crippen molar-refractivity contribution >= 4 is 5.91 Å². The molecule has 0 unspecified atom stereocenters. The van der Waals surface area contributed by atoms with E-state index in [9.17, 15) is 4.79 Å². The fourth-order valence-electron chi connectivity index (χ4n) is 1.19. The summed E-state index contributed by atoms with van der Waals surface area (Å²) >= 11 is 0. The van der Waals surface area contributed by atoms with Gasteiger partial charge in [0.05, 0.1) is 0 Å². The molecule has 0 radical (unpaired) electrons. The van der Waals surface area contributed by atoms with Crippen LogP contribution in [0.5, 0.6) is 0 Å². The van der Waals surface area contributed by atoms with Gasteiger partial charge in [-0.05, 0) is 6.42 Å². The molecule has 1 amide bonds. The fourth-order valence-corrected chi connectivity index (χ4v) is 1.19. The summed E-state index contributed by atoms with van der Waals surface area (Å²) in [7, 11) is 1.69. The Hall–Kier alpha value is -0.530. The van der Waals surface area contributed by atoms with Gasteiger partial charge in [0.1, 0.15) is 0 Å². The molecule has 0 aromatic heterocycles. The lowest BCUT2D eigenvalue weighted by Gasteiger charge is -1.99. The van der Waals surface area contributed by atoms with E-state index < -0.39 is 0 Å². The van der Waals surface area contributed by atoms with Crippen LogP contribution >= 0.6 is 0 Å². The van der Waals surface area contributed by atoms with Gasteiger partial charge in [0.15, 0.2) is 0 Å². The number of nitrogens with one attached hydrogen (secondary N) is 1. The van der Waals surface area contributed by atoms with Gasteiger partial charge in [0, 0.05) is 13.5 Å². The van der Waals surface area contributed by atoms with Crippen LogP contribution in [0.3, 0.4) is 0 Å². The maximum Gasteiger partial charge on any atom is 0.219 e. The zero-order chi connectivity index (χ0) is 11.2. The summed E-state index contributed by atoms with van der Waals surface area (Å²) in [5, 5.41) is 2.63. The summed E-state index contributed by atoms with van der Waals surface area (Å²) in [4.78, 5) is 10.8. The van der Waals surface area contributed by atoms with Crippen LogP contribution in [0, 0.1) is 0 Å². The number of amides is 1. The maximum atomic E-state index is 10.8. The fraction of sp³-hybridized carbons (Fsp3) is 0.917. The van der Waals surface area contributed by atoms with Crippen molar-refractivity contribution in [3.63, 3.8) is 0 Å². The lowest BCUT2D eigenvalue weighted by Crippen LogP contribution is -2.16. The SMILES string of the molecule is CC.CCCCCCCCC(=O)NC. The molecule has 2 heteroatoms. The summed E-state index contributed by atoms with van der Waals surface area (Å²) in [5.41, 5.74) is 0. The van der Waals surface area contributed by atoms with E-state index in [-0.39, 0.29) is 5.91 Å². The molecular formula is C12H27NO. The van der Waals surface area contributed by atoms with Crippen molar-refractivity contribution in [2.75, 3.05) is 7.05 Å². The van der Waals surface area contributed by atoms with E-state index in [0.717, 1.165) is 6.42 Å². The zero-order valence-corrected chi connectivity index (χ0v) is 10.4. The number of carbonyl (C=O) groups is 1.